The Bertz CT molecular complexity index is 723. The fourth-order valence-electron chi connectivity index (χ4n) is 2.44. The van der Waals surface area contributed by atoms with Crippen LogP contribution in [0.3, 0.4) is 0 Å². The summed E-state index contributed by atoms with van der Waals surface area (Å²) < 4.78 is 2.30. The molecule has 3 aromatic rings. The first-order valence-electron chi connectivity index (χ1n) is 6.87. The third-order valence-electron chi connectivity index (χ3n) is 3.75. The van der Waals surface area contributed by atoms with Crippen LogP contribution in [0, 0.1) is 0 Å². The number of aromatic nitrogens is 2. The van der Waals surface area contributed by atoms with Gasteiger partial charge in [-0.25, -0.2) is 4.98 Å². The standard InChI is InChI=1S/C17H19N3.2ClH/c1-13(19(2)3)20-16-12-8-7-11-15(16)18-17(20)14-9-5-4-6-10-14;;/h4-13H,1-3H3;2*1H. The summed E-state index contributed by atoms with van der Waals surface area (Å²) in [5.41, 5.74) is 3.37. The molecular formula is C17H21Cl2N3. The molecule has 0 amide bonds. The molecule has 0 spiro atoms. The van der Waals surface area contributed by atoms with E-state index in [4.69, 9.17) is 4.98 Å². The number of benzene rings is 2. The molecule has 3 rings (SSSR count). The van der Waals surface area contributed by atoms with Crippen molar-refractivity contribution < 1.29 is 0 Å². The van der Waals surface area contributed by atoms with Gasteiger partial charge in [-0.15, -0.1) is 24.8 Å². The van der Waals surface area contributed by atoms with Crippen molar-refractivity contribution >= 4 is 35.8 Å². The van der Waals surface area contributed by atoms with Crippen molar-refractivity contribution in [3.05, 3.63) is 54.6 Å². The van der Waals surface area contributed by atoms with Crippen LogP contribution in [0.15, 0.2) is 54.6 Å². The van der Waals surface area contributed by atoms with Gasteiger partial charge in [0.1, 0.15) is 5.82 Å². The first-order valence-corrected chi connectivity index (χ1v) is 6.87. The monoisotopic (exact) mass is 337 g/mol. The molecular weight excluding hydrogens is 317 g/mol. The third kappa shape index (κ3) is 3.27. The topological polar surface area (TPSA) is 21.1 Å². The molecule has 0 fully saturated rings. The van der Waals surface area contributed by atoms with Gasteiger partial charge in [0, 0.05) is 5.56 Å². The highest BCUT2D eigenvalue weighted by molar-refractivity contribution is 5.85. The summed E-state index contributed by atoms with van der Waals surface area (Å²) in [6.45, 7) is 2.19. The molecule has 1 heterocycles. The Kier molecular flexibility index (Phi) is 6.42. The highest BCUT2D eigenvalue weighted by atomic mass is 35.5. The van der Waals surface area contributed by atoms with Crippen LogP contribution in [0.4, 0.5) is 0 Å². The lowest BCUT2D eigenvalue weighted by molar-refractivity contribution is 0.246. The lowest BCUT2D eigenvalue weighted by Gasteiger charge is -2.24. The van der Waals surface area contributed by atoms with E-state index in [1.54, 1.807) is 0 Å². The summed E-state index contributed by atoms with van der Waals surface area (Å²) >= 11 is 0. The van der Waals surface area contributed by atoms with Crippen LogP contribution in [-0.2, 0) is 0 Å². The van der Waals surface area contributed by atoms with Gasteiger partial charge in [-0.2, -0.15) is 0 Å². The zero-order chi connectivity index (χ0) is 14.1. The van der Waals surface area contributed by atoms with E-state index in [1.807, 2.05) is 12.1 Å². The Morgan fingerprint density at radius 3 is 2.14 bits per heavy atom. The molecule has 1 aromatic heterocycles. The molecule has 5 heteroatoms. The van der Waals surface area contributed by atoms with Crippen LogP contribution in [-0.4, -0.2) is 28.5 Å². The molecule has 2 aromatic carbocycles. The maximum absolute atomic E-state index is 4.82. The summed E-state index contributed by atoms with van der Waals surface area (Å²) in [5, 5.41) is 0. The minimum absolute atomic E-state index is 0. The van der Waals surface area contributed by atoms with E-state index in [0.29, 0.717) is 0 Å². The Labute approximate surface area is 143 Å². The minimum Gasteiger partial charge on any atom is -0.308 e. The van der Waals surface area contributed by atoms with Crippen LogP contribution in [0.1, 0.15) is 13.1 Å². The first-order chi connectivity index (χ1) is 9.68. The van der Waals surface area contributed by atoms with Crippen molar-refractivity contribution in [2.24, 2.45) is 0 Å². The maximum atomic E-state index is 4.82. The van der Waals surface area contributed by atoms with Gasteiger partial charge in [-0.05, 0) is 33.2 Å². The van der Waals surface area contributed by atoms with Crippen LogP contribution >= 0.6 is 24.8 Å². The van der Waals surface area contributed by atoms with E-state index in [2.05, 4.69) is 73.0 Å². The summed E-state index contributed by atoms with van der Waals surface area (Å²) in [6.07, 6.45) is 0.248. The number of rotatable bonds is 3. The molecule has 1 atom stereocenters. The highest BCUT2D eigenvalue weighted by Crippen LogP contribution is 2.28. The number of hydrogen-bond acceptors (Lipinski definition) is 2. The van der Waals surface area contributed by atoms with E-state index in [-0.39, 0.29) is 31.0 Å². The SMILES string of the molecule is CC(N(C)C)n1c(-c2ccccc2)nc2ccccc21.Cl.Cl. The van der Waals surface area contributed by atoms with Crippen molar-refractivity contribution in [2.45, 2.75) is 13.1 Å². The van der Waals surface area contributed by atoms with E-state index in [1.165, 1.54) is 5.52 Å². The van der Waals surface area contributed by atoms with Gasteiger partial charge in [0.15, 0.2) is 0 Å². The van der Waals surface area contributed by atoms with Gasteiger partial charge >= 0.3 is 0 Å². The van der Waals surface area contributed by atoms with Gasteiger partial charge in [-0.1, -0.05) is 42.5 Å². The summed E-state index contributed by atoms with van der Waals surface area (Å²) in [4.78, 5) is 7.02. The molecule has 0 N–H and O–H groups in total. The number of para-hydroxylation sites is 2. The number of hydrogen-bond donors (Lipinski definition) is 0. The summed E-state index contributed by atoms with van der Waals surface area (Å²) in [6, 6.07) is 18.7. The van der Waals surface area contributed by atoms with E-state index >= 15 is 0 Å². The first kappa shape index (κ1) is 18.5. The lowest BCUT2D eigenvalue weighted by Crippen LogP contribution is -2.23. The predicted molar refractivity (Wildman–Crippen MR) is 98.1 cm³/mol. The number of imidazole rings is 1. The zero-order valence-corrected chi connectivity index (χ0v) is 14.6. The average molecular weight is 338 g/mol. The van der Waals surface area contributed by atoms with Crippen molar-refractivity contribution in [2.75, 3.05) is 14.1 Å². The Hall–Kier alpha value is -1.55. The van der Waals surface area contributed by atoms with E-state index in [9.17, 15) is 0 Å². The average Bonchev–Trinajstić information content (AvgIpc) is 2.86. The molecule has 0 saturated heterocycles. The molecule has 1 unspecified atom stereocenters. The zero-order valence-electron chi connectivity index (χ0n) is 12.9. The Morgan fingerprint density at radius 2 is 1.50 bits per heavy atom. The van der Waals surface area contributed by atoms with Gasteiger partial charge in [-0.3, -0.25) is 4.90 Å². The van der Waals surface area contributed by atoms with E-state index in [0.717, 1.165) is 16.9 Å². The molecule has 22 heavy (non-hydrogen) atoms. The molecule has 118 valence electrons. The highest BCUT2D eigenvalue weighted by Gasteiger charge is 2.17. The smallest absolute Gasteiger partial charge is 0.142 e. The second-order valence-electron chi connectivity index (χ2n) is 5.26. The summed E-state index contributed by atoms with van der Waals surface area (Å²) in [5.74, 6) is 1.02. The van der Waals surface area contributed by atoms with Crippen LogP contribution in [0.25, 0.3) is 22.4 Å². The van der Waals surface area contributed by atoms with Gasteiger partial charge in [0.25, 0.3) is 0 Å². The fraction of sp³-hybridized carbons (Fsp3) is 0.235. The Morgan fingerprint density at radius 1 is 0.909 bits per heavy atom. The van der Waals surface area contributed by atoms with Crippen molar-refractivity contribution in [1.29, 1.82) is 0 Å². The van der Waals surface area contributed by atoms with Crippen LogP contribution in [0.2, 0.25) is 0 Å². The molecule has 3 nitrogen and oxygen atoms in total. The maximum Gasteiger partial charge on any atom is 0.142 e. The number of halogens is 2. The van der Waals surface area contributed by atoms with Crippen molar-refractivity contribution in [1.82, 2.24) is 14.5 Å². The lowest BCUT2D eigenvalue weighted by atomic mass is 10.2. The largest absolute Gasteiger partial charge is 0.308 e. The van der Waals surface area contributed by atoms with Crippen molar-refractivity contribution in [3.8, 4) is 11.4 Å². The minimum atomic E-state index is 0. The second kappa shape index (κ2) is 7.63. The molecule has 0 aliphatic heterocycles. The van der Waals surface area contributed by atoms with Gasteiger partial charge < -0.3 is 4.57 Å². The molecule has 0 aliphatic carbocycles. The van der Waals surface area contributed by atoms with Crippen LogP contribution < -0.4 is 0 Å². The van der Waals surface area contributed by atoms with Gasteiger partial charge in [0.2, 0.25) is 0 Å². The van der Waals surface area contributed by atoms with Crippen LogP contribution in [0.5, 0.6) is 0 Å². The molecule has 0 bridgehead atoms. The summed E-state index contributed by atoms with van der Waals surface area (Å²) in [7, 11) is 4.18. The third-order valence-corrected chi connectivity index (χ3v) is 3.75. The number of nitrogens with zero attached hydrogens (tertiary/aromatic N) is 3. The fourth-order valence-corrected chi connectivity index (χ4v) is 2.44. The van der Waals surface area contributed by atoms with Crippen molar-refractivity contribution in [3.63, 3.8) is 0 Å². The number of fused-ring (bicyclic) bond motifs is 1. The molecule has 0 radical (unpaired) electrons. The second-order valence-corrected chi connectivity index (χ2v) is 5.26. The molecule has 0 aliphatic rings. The van der Waals surface area contributed by atoms with Gasteiger partial charge in [0.05, 0.1) is 17.2 Å². The normalized spacial score (nSPS) is 11.8. The quantitative estimate of drug-likeness (QED) is 0.694. The Balaban J connectivity index is 0.00000121. The predicted octanol–water partition coefficient (Wildman–Crippen LogP) is 4.63. The molecule has 0 saturated carbocycles. The van der Waals surface area contributed by atoms with E-state index < -0.39 is 0 Å².